The predicted octanol–water partition coefficient (Wildman–Crippen LogP) is 11.5. The van der Waals surface area contributed by atoms with Crippen LogP contribution in [-0.2, 0) is 20.4 Å². The Hall–Kier alpha value is -4.44. The fourth-order valence-corrected chi connectivity index (χ4v) is 8.27. The molecule has 2 heterocycles. The van der Waals surface area contributed by atoms with Crippen LogP contribution in [0.25, 0.3) is 21.5 Å². The van der Waals surface area contributed by atoms with E-state index in [1.54, 1.807) is 0 Å². The van der Waals surface area contributed by atoms with Crippen LogP contribution >= 0.6 is 0 Å². The molecule has 4 aromatic rings. The maximum Gasteiger partial charge on any atom is 0.302 e. The molecule has 4 heteroatoms. The fourth-order valence-electron chi connectivity index (χ4n) is 8.27. The number of allylic oxidation sites excluding steroid dienone is 6. The number of unbranched alkanes of at least 4 members (excludes halogenated alkanes) is 2. The smallest absolute Gasteiger partial charge is 0.302 e. The number of benzene rings is 4. The molecule has 0 saturated carbocycles. The zero-order valence-electron chi connectivity index (χ0n) is 31.3. The van der Waals surface area contributed by atoms with Gasteiger partial charge in [-0.2, -0.15) is 4.58 Å². The van der Waals surface area contributed by atoms with E-state index in [1.807, 2.05) is 0 Å². The fraction of sp³-hybridized carbons (Fsp3) is 0.391. The number of hydrogen-bond acceptors (Lipinski definition) is 3. The van der Waals surface area contributed by atoms with E-state index in [1.165, 1.54) is 68.0 Å². The minimum absolute atomic E-state index is 0.158. The minimum Gasteiger partial charge on any atom is -0.466 e. The van der Waals surface area contributed by atoms with Gasteiger partial charge in [0.25, 0.3) is 0 Å². The van der Waals surface area contributed by atoms with Gasteiger partial charge in [-0.25, -0.2) is 0 Å². The molecule has 0 N–H and O–H groups in total. The van der Waals surface area contributed by atoms with E-state index in [0.29, 0.717) is 6.61 Å². The van der Waals surface area contributed by atoms with Crippen LogP contribution < -0.4 is 4.90 Å². The molecule has 0 radical (unpaired) electrons. The molecule has 4 nitrogen and oxygen atoms in total. The second kappa shape index (κ2) is 14.8. The number of hydrogen-bond donors (Lipinski definition) is 0. The van der Waals surface area contributed by atoms with E-state index in [2.05, 4.69) is 148 Å². The molecule has 2 aliphatic heterocycles. The van der Waals surface area contributed by atoms with Gasteiger partial charge in [0.2, 0.25) is 5.69 Å². The molecular formula is C46H55N2O2+. The molecule has 50 heavy (non-hydrogen) atoms. The van der Waals surface area contributed by atoms with E-state index in [9.17, 15) is 4.79 Å². The van der Waals surface area contributed by atoms with E-state index >= 15 is 0 Å². The summed E-state index contributed by atoms with van der Waals surface area (Å²) in [5, 5.41) is 5.26. The maximum atomic E-state index is 11.6. The highest BCUT2D eigenvalue weighted by molar-refractivity contribution is 6.07. The lowest BCUT2D eigenvalue weighted by Gasteiger charge is -2.27. The van der Waals surface area contributed by atoms with Crippen LogP contribution in [0.1, 0.15) is 98.1 Å². The van der Waals surface area contributed by atoms with E-state index in [0.717, 1.165) is 51.6 Å². The Labute approximate surface area is 299 Å². The Morgan fingerprint density at radius 3 is 2.14 bits per heavy atom. The molecule has 0 bridgehead atoms. The number of nitrogens with zero attached hydrogens (tertiary/aromatic N) is 2. The van der Waals surface area contributed by atoms with Gasteiger partial charge in [-0.3, -0.25) is 4.79 Å². The largest absolute Gasteiger partial charge is 0.466 e. The average Bonchev–Trinajstić information content (AvgIpc) is 3.46. The first-order valence-corrected chi connectivity index (χ1v) is 18.8. The van der Waals surface area contributed by atoms with Crippen LogP contribution in [0.4, 0.5) is 11.4 Å². The highest BCUT2D eigenvalue weighted by Crippen LogP contribution is 2.51. The predicted molar refractivity (Wildman–Crippen MR) is 212 cm³/mol. The standard InChI is InChI=1S/C46H55N2O2/c1-8-10-30-47-39-26-24-35-18-12-14-20-37(35)43(39)45(4,5)41(47)28-22-34(17-16-32-50-33(3)49)23-29-42-46(6,7)44-38-21-15-13-19-36(38)25-27-40(44)48(42)31-11-9-2/h12-15,18-29H,8-11,16-17,30-32H2,1-7H3/q+1. The summed E-state index contributed by atoms with van der Waals surface area (Å²) in [6.45, 7) is 17.9. The molecule has 2 aliphatic rings. The Kier molecular flexibility index (Phi) is 10.5. The summed E-state index contributed by atoms with van der Waals surface area (Å²) >= 11 is 0. The van der Waals surface area contributed by atoms with Crippen molar-refractivity contribution in [2.75, 3.05) is 24.6 Å². The molecule has 0 unspecified atom stereocenters. The van der Waals surface area contributed by atoms with Crippen molar-refractivity contribution in [1.82, 2.24) is 0 Å². The normalized spacial score (nSPS) is 17.4. The number of anilines is 1. The van der Waals surface area contributed by atoms with Crippen molar-refractivity contribution in [2.24, 2.45) is 0 Å². The SMILES string of the molecule is CCCCN1\C(=C/C=C(/C=C/C2=[N+](CCCC)c3ccc4ccccc4c3C2(C)C)CCCOC(C)=O)C(C)(C)c2c1ccc1ccccc21. The highest BCUT2D eigenvalue weighted by Gasteiger charge is 2.45. The molecule has 0 fully saturated rings. The van der Waals surface area contributed by atoms with E-state index < -0.39 is 0 Å². The maximum absolute atomic E-state index is 11.6. The molecule has 0 atom stereocenters. The zero-order chi connectivity index (χ0) is 35.5. The van der Waals surface area contributed by atoms with Crippen molar-refractivity contribution in [2.45, 2.75) is 97.8 Å². The summed E-state index contributed by atoms with van der Waals surface area (Å²) in [5.41, 5.74) is 9.07. The summed E-state index contributed by atoms with van der Waals surface area (Å²) < 4.78 is 7.94. The first kappa shape index (κ1) is 35.4. The molecule has 0 aromatic heterocycles. The number of carbonyl (C=O) groups is 1. The number of rotatable bonds is 13. The van der Waals surface area contributed by atoms with Crippen LogP contribution in [0.5, 0.6) is 0 Å². The van der Waals surface area contributed by atoms with Crippen molar-refractivity contribution in [3.63, 3.8) is 0 Å². The molecule has 6 rings (SSSR count). The third-order valence-electron chi connectivity index (χ3n) is 10.8. The van der Waals surface area contributed by atoms with Gasteiger partial charge >= 0.3 is 5.97 Å². The monoisotopic (exact) mass is 667 g/mol. The number of carbonyl (C=O) groups excluding carboxylic acids is 1. The van der Waals surface area contributed by atoms with Gasteiger partial charge in [-0.05, 0) is 84.0 Å². The Bertz CT molecular complexity index is 2020. The first-order valence-electron chi connectivity index (χ1n) is 18.8. The molecule has 0 amide bonds. The van der Waals surface area contributed by atoms with Gasteiger partial charge in [0.05, 0.1) is 12.0 Å². The average molecular weight is 668 g/mol. The van der Waals surface area contributed by atoms with Gasteiger partial charge in [-0.1, -0.05) is 107 Å². The minimum atomic E-state index is -0.225. The summed E-state index contributed by atoms with van der Waals surface area (Å²) in [6, 6.07) is 26.8. The van der Waals surface area contributed by atoms with Gasteiger partial charge in [0.15, 0.2) is 5.71 Å². The van der Waals surface area contributed by atoms with Crippen molar-refractivity contribution in [3.05, 3.63) is 119 Å². The first-order chi connectivity index (χ1) is 24.1. The third-order valence-corrected chi connectivity index (χ3v) is 10.8. The van der Waals surface area contributed by atoms with Gasteiger partial charge in [0.1, 0.15) is 6.54 Å². The van der Waals surface area contributed by atoms with Crippen molar-refractivity contribution < 1.29 is 14.1 Å². The third kappa shape index (κ3) is 6.70. The molecule has 0 spiro atoms. The molecular weight excluding hydrogens is 613 g/mol. The molecule has 260 valence electrons. The zero-order valence-corrected chi connectivity index (χ0v) is 31.3. The molecule has 0 aliphatic carbocycles. The van der Waals surface area contributed by atoms with E-state index in [4.69, 9.17) is 4.74 Å². The quantitative estimate of drug-likeness (QED) is 0.0616. The van der Waals surface area contributed by atoms with E-state index in [-0.39, 0.29) is 16.8 Å². The molecule has 0 saturated heterocycles. The summed E-state index contributed by atoms with van der Waals surface area (Å²) in [5.74, 6) is -0.225. The Morgan fingerprint density at radius 2 is 1.46 bits per heavy atom. The second-order valence-corrected chi connectivity index (χ2v) is 15.1. The lowest BCUT2D eigenvalue weighted by atomic mass is 9.79. The highest BCUT2D eigenvalue weighted by atomic mass is 16.5. The van der Waals surface area contributed by atoms with Gasteiger partial charge in [-0.15, -0.1) is 0 Å². The van der Waals surface area contributed by atoms with Crippen LogP contribution in [0.2, 0.25) is 0 Å². The number of ether oxygens (including phenoxy) is 1. The van der Waals surface area contributed by atoms with Crippen LogP contribution in [0, 0.1) is 0 Å². The topological polar surface area (TPSA) is 32.5 Å². The van der Waals surface area contributed by atoms with Gasteiger partial charge < -0.3 is 9.64 Å². The lowest BCUT2D eigenvalue weighted by Crippen LogP contribution is -2.28. The van der Waals surface area contributed by atoms with Crippen LogP contribution in [0.3, 0.4) is 0 Å². The Morgan fingerprint density at radius 1 is 0.800 bits per heavy atom. The van der Waals surface area contributed by atoms with Crippen LogP contribution in [-0.4, -0.2) is 36.0 Å². The lowest BCUT2D eigenvalue weighted by molar-refractivity contribution is -0.438. The Balaban J connectivity index is 1.43. The summed E-state index contributed by atoms with van der Waals surface area (Å²) in [6.07, 6.45) is 15.6. The van der Waals surface area contributed by atoms with Gasteiger partial charge in [0, 0.05) is 54.4 Å². The van der Waals surface area contributed by atoms with Crippen molar-refractivity contribution in [3.8, 4) is 0 Å². The summed E-state index contributed by atoms with van der Waals surface area (Å²) in [7, 11) is 0. The number of fused-ring (bicyclic) bond motifs is 6. The van der Waals surface area contributed by atoms with Crippen molar-refractivity contribution >= 4 is 44.6 Å². The summed E-state index contributed by atoms with van der Waals surface area (Å²) in [4.78, 5) is 14.2. The number of esters is 1. The van der Waals surface area contributed by atoms with Crippen molar-refractivity contribution in [1.29, 1.82) is 0 Å². The van der Waals surface area contributed by atoms with Crippen LogP contribution in [0.15, 0.2) is 108 Å². The second-order valence-electron chi connectivity index (χ2n) is 15.1. The molecule has 4 aromatic carbocycles.